The molecule has 2 saturated carbocycles. The topological polar surface area (TPSA) is 12.0 Å². The smallest absolute Gasteiger partial charge is 0.0454 e. The minimum atomic E-state index is 0.402. The first-order chi connectivity index (χ1) is 10.2. The van der Waals surface area contributed by atoms with Gasteiger partial charge in [-0.05, 0) is 80.2 Å². The molecule has 4 atom stereocenters. The Bertz CT molecular complexity index is 490. The monoisotopic (exact) mass is 369 g/mol. The standard InChI is InChI=1S/C18H25BrClN/c1-2-7-21-18(16-11-15(19)5-6-17(16)20)10-14-9-12-3-4-13(14)8-12/h5-6,11-14,18,21H,2-4,7-10H2,1H3. The normalized spacial score (nSPS) is 29.0. The zero-order valence-electron chi connectivity index (χ0n) is 12.7. The van der Waals surface area contributed by atoms with Crippen LogP contribution in [-0.2, 0) is 0 Å². The third kappa shape index (κ3) is 3.65. The molecule has 116 valence electrons. The Morgan fingerprint density at radius 1 is 1.33 bits per heavy atom. The molecule has 4 unspecified atom stereocenters. The van der Waals surface area contributed by atoms with E-state index in [1.54, 1.807) is 0 Å². The van der Waals surface area contributed by atoms with Gasteiger partial charge >= 0.3 is 0 Å². The van der Waals surface area contributed by atoms with Crippen molar-refractivity contribution in [3.8, 4) is 0 Å². The Hall–Kier alpha value is -0.0500. The van der Waals surface area contributed by atoms with Gasteiger partial charge in [-0.2, -0.15) is 0 Å². The molecule has 0 aromatic heterocycles. The molecule has 0 amide bonds. The van der Waals surface area contributed by atoms with E-state index in [9.17, 15) is 0 Å². The van der Waals surface area contributed by atoms with E-state index in [-0.39, 0.29) is 0 Å². The molecule has 0 saturated heterocycles. The summed E-state index contributed by atoms with van der Waals surface area (Å²) in [4.78, 5) is 0. The molecule has 1 aromatic carbocycles. The van der Waals surface area contributed by atoms with E-state index in [1.807, 2.05) is 12.1 Å². The predicted molar refractivity (Wildman–Crippen MR) is 93.7 cm³/mol. The van der Waals surface area contributed by atoms with Crippen molar-refractivity contribution < 1.29 is 0 Å². The highest BCUT2D eigenvalue weighted by Crippen LogP contribution is 2.51. The van der Waals surface area contributed by atoms with E-state index in [4.69, 9.17) is 11.6 Å². The summed E-state index contributed by atoms with van der Waals surface area (Å²) in [5.41, 5.74) is 1.27. The fourth-order valence-corrected chi connectivity index (χ4v) is 5.02. The van der Waals surface area contributed by atoms with Gasteiger partial charge < -0.3 is 5.32 Å². The van der Waals surface area contributed by atoms with Crippen LogP contribution in [0.15, 0.2) is 22.7 Å². The lowest BCUT2D eigenvalue weighted by Gasteiger charge is -2.28. The average Bonchev–Trinajstić information content (AvgIpc) is 3.08. The Kier molecular flexibility index (Phi) is 5.29. The summed E-state index contributed by atoms with van der Waals surface area (Å²) in [6.45, 7) is 3.29. The van der Waals surface area contributed by atoms with Crippen molar-refractivity contribution in [2.24, 2.45) is 17.8 Å². The van der Waals surface area contributed by atoms with Gasteiger partial charge in [0.05, 0.1) is 0 Å². The van der Waals surface area contributed by atoms with E-state index >= 15 is 0 Å². The molecule has 1 N–H and O–H groups in total. The van der Waals surface area contributed by atoms with E-state index in [0.29, 0.717) is 6.04 Å². The number of nitrogens with one attached hydrogen (secondary N) is 1. The number of fused-ring (bicyclic) bond motifs is 2. The van der Waals surface area contributed by atoms with Gasteiger partial charge in [-0.25, -0.2) is 0 Å². The molecule has 2 aliphatic rings. The van der Waals surface area contributed by atoms with E-state index in [2.05, 4.69) is 34.2 Å². The summed E-state index contributed by atoms with van der Waals surface area (Å²) < 4.78 is 1.12. The Labute approximate surface area is 142 Å². The van der Waals surface area contributed by atoms with E-state index in [0.717, 1.165) is 33.8 Å². The van der Waals surface area contributed by atoms with Crippen molar-refractivity contribution in [1.29, 1.82) is 0 Å². The van der Waals surface area contributed by atoms with Crippen LogP contribution >= 0.6 is 27.5 Å². The second kappa shape index (κ2) is 7.02. The Morgan fingerprint density at radius 3 is 2.86 bits per heavy atom. The first-order valence-electron chi connectivity index (χ1n) is 8.35. The van der Waals surface area contributed by atoms with Crippen LogP contribution in [0.1, 0.15) is 57.1 Å². The fourth-order valence-electron chi connectivity index (χ4n) is 4.39. The molecule has 1 aromatic rings. The SMILES string of the molecule is CCCNC(CC1CC2CCC1C2)c1cc(Br)ccc1Cl. The van der Waals surface area contributed by atoms with Crippen molar-refractivity contribution in [1.82, 2.24) is 5.32 Å². The Morgan fingerprint density at radius 2 is 2.19 bits per heavy atom. The number of hydrogen-bond acceptors (Lipinski definition) is 1. The van der Waals surface area contributed by atoms with Gasteiger partial charge in [0, 0.05) is 15.5 Å². The highest BCUT2D eigenvalue weighted by Gasteiger charge is 2.40. The molecule has 3 rings (SSSR count). The zero-order valence-corrected chi connectivity index (χ0v) is 15.1. The third-order valence-electron chi connectivity index (χ3n) is 5.40. The molecule has 3 heteroatoms. The van der Waals surface area contributed by atoms with Crippen LogP contribution in [0.5, 0.6) is 0 Å². The fraction of sp³-hybridized carbons (Fsp3) is 0.667. The van der Waals surface area contributed by atoms with Crippen LogP contribution in [0, 0.1) is 17.8 Å². The lowest BCUT2D eigenvalue weighted by molar-refractivity contribution is 0.279. The zero-order chi connectivity index (χ0) is 14.8. The average molecular weight is 371 g/mol. The van der Waals surface area contributed by atoms with Crippen LogP contribution in [0.3, 0.4) is 0 Å². The lowest BCUT2D eigenvalue weighted by Crippen LogP contribution is -2.26. The van der Waals surface area contributed by atoms with Gasteiger partial charge in [0.1, 0.15) is 0 Å². The van der Waals surface area contributed by atoms with Crippen molar-refractivity contribution >= 4 is 27.5 Å². The molecule has 2 bridgehead atoms. The highest BCUT2D eigenvalue weighted by atomic mass is 79.9. The number of hydrogen-bond donors (Lipinski definition) is 1. The molecule has 2 aliphatic carbocycles. The van der Waals surface area contributed by atoms with Crippen LogP contribution in [0.4, 0.5) is 0 Å². The number of benzene rings is 1. The summed E-state index contributed by atoms with van der Waals surface area (Å²) >= 11 is 10.1. The molecular weight excluding hydrogens is 346 g/mol. The minimum Gasteiger partial charge on any atom is -0.310 e. The van der Waals surface area contributed by atoms with Crippen molar-refractivity contribution in [3.63, 3.8) is 0 Å². The van der Waals surface area contributed by atoms with Crippen molar-refractivity contribution in [2.45, 2.75) is 51.5 Å². The summed E-state index contributed by atoms with van der Waals surface area (Å²) in [5, 5.41) is 4.63. The maximum atomic E-state index is 6.47. The van der Waals surface area contributed by atoms with E-state index < -0.39 is 0 Å². The molecule has 0 heterocycles. The molecule has 0 aliphatic heterocycles. The summed E-state index contributed by atoms with van der Waals surface area (Å²) in [5.74, 6) is 2.89. The van der Waals surface area contributed by atoms with Crippen LogP contribution in [-0.4, -0.2) is 6.54 Å². The maximum absolute atomic E-state index is 6.47. The third-order valence-corrected chi connectivity index (χ3v) is 6.23. The molecule has 21 heavy (non-hydrogen) atoms. The van der Waals surface area contributed by atoms with Gasteiger partial charge in [-0.3, -0.25) is 0 Å². The molecule has 1 nitrogen and oxygen atoms in total. The largest absolute Gasteiger partial charge is 0.310 e. The van der Waals surface area contributed by atoms with Crippen LogP contribution in [0.25, 0.3) is 0 Å². The Balaban J connectivity index is 1.75. The molecular formula is C18H25BrClN. The minimum absolute atomic E-state index is 0.402. The summed E-state index contributed by atoms with van der Waals surface area (Å²) in [7, 11) is 0. The molecule has 0 spiro atoms. The van der Waals surface area contributed by atoms with Crippen molar-refractivity contribution in [2.75, 3.05) is 6.54 Å². The number of halogens is 2. The van der Waals surface area contributed by atoms with Gasteiger partial charge in [0.15, 0.2) is 0 Å². The second-order valence-corrected chi connectivity index (χ2v) is 8.17. The first kappa shape index (κ1) is 15.8. The van der Waals surface area contributed by atoms with Gasteiger partial charge in [0.25, 0.3) is 0 Å². The second-order valence-electron chi connectivity index (χ2n) is 6.84. The number of rotatable bonds is 6. The summed E-state index contributed by atoms with van der Waals surface area (Å²) in [6.07, 6.45) is 8.28. The molecule has 0 radical (unpaired) electrons. The maximum Gasteiger partial charge on any atom is 0.0454 e. The first-order valence-corrected chi connectivity index (χ1v) is 9.52. The van der Waals surface area contributed by atoms with Gasteiger partial charge in [-0.1, -0.05) is 40.9 Å². The lowest BCUT2D eigenvalue weighted by atomic mass is 9.82. The molecule has 2 fully saturated rings. The highest BCUT2D eigenvalue weighted by molar-refractivity contribution is 9.10. The quantitative estimate of drug-likeness (QED) is 0.650. The van der Waals surface area contributed by atoms with Crippen molar-refractivity contribution in [3.05, 3.63) is 33.3 Å². The van der Waals surface area contributed by atoms with Gasteiger partial charge in [0.2, 0.25) is 0 Å². The van der Waals surface area contributed by atoms with E-state index in [1.165, 1.54) is 44.1 Å². The van der Waals surface area contributed by atoms with Crippen LogP contribution < -0.4 is 5.32 Å². The van der Waals surface area contributed by atoms with Gasteiger partial charge in [-0.15, -0.1) is 0 Å². The van der Waals surface area contributed by atoms with Crippen LogP contribution in [0.2, 0.25) is 5.02 Å². The predicted octanol–water partition coefficient (Wildman–Crippen LogP) is 5.97. The summed E-state index contributed by atoms with van der Waals surface area (Å²) in [6, 6.07) is 6.64.